The number of ether oxygens (including phenoxy) is 1. The molecule has 0 spiro atoms. The Hall–Kier alpha value is -1.81. The van der Waals surface area contributed by atoms with Gasteiger partial charge in [0, 0.05) is 11.6 Å². The minimum absolute atomic E-state index is 0.0488. The van der Waals surface area contributed by atoms with Crippen molar-refractivity contribution in [3.63, 3.8) is 0 Å². The van der Waals surface area contributed by atoms with E-state index in [0.29, 0.717) is 11.4 Å². The fourth-order valence-electron chi connectivity index (χ4n) is 1.54. The third-order valence-corrected chi connectivity index (χ3v) is 2.30. The lowest BCUT2D eigenvalue weighted by Gasteiger charge is -2.07. The van der Waals surface area contributed by atoms with E-state index in [1.165, 1.54) is 7.11 Å². The molecule has 2 aromatic rings. The van der Waals surface area contributed by atoms with E-state index in [0.717, 1.165) is 10.8 Å². The summed E-state index contributed by atoms with van der Waals surface area (Å²) in [5, 5.41) is 20.3. The van der Waals surface area contributed by atoms with Crippen molar-refractivity contribution in [2.45, 2.75) is 6.61 Å². The molecule has 1 aromatic heterocycles. The predicted molar refractivity (Wildman–Crippen MR) is 55.9 cm³/mol. The molecule has 0 aliphatic carbocycles. The maximum absolute atomic E-state index is 9.59. The smallest absolute Gasteiger partial charge is 0.161 e. The minimum atomic E-state index is -0.150. The fraction of sp³-hybridized carbons (Fsp3) is 0.182. The summed E-state index contributed by atoms with van der Waals surface area (Å²) in [6, 6.07) is 5.06. The summed E-state index contributed by atoms with van der Waals surface area (Å²) in [7, 11) is 1.50. The highest BCUT2D eigenvalue weighted by molar-refractivity contribution is 5.87. The molecule has 2 N–H and O–H groups in total. The summed E-state index contributed by atoms with van der Waals surface area (Å²) in [5.41, 5.74) is 0.547. The second kappa shape index (κ2) is 3.74. The van der Waals surface area contributed by atoms with Gasteiger partial charge in [-0.2, -0.15) is 0 Å². The van der Waals surface area contributed by atoms with Crippen LogP contribution in [0.1, 0.15) is 5.69 Å². The fourth-order valence-corrected chi connectivity index (χ4v) is 1.54. The van der Waals surface area contributed by atoms with Crippen molar-refractivity contribution < 1.29 is 14.9 Å². The molecule has 0 bridgehead atoms. The normalized spacial score (nSPS) is 10.5. The Bertz CT molecular complexity index is 496. The molecular weight excluding hydrogens is 194 g/mol. The van der Waals surface area contributed by atoms with E-state index in [4.69, 9.17) is 9.84 Å². The number of aromatic nitrogens is 1. The molecule has 0 radical (unpaired) electrons. The number of rotatable bonds is 2. The number of methoxy groups -OCH3 is 1. The molecule has 2 rings (SSSR count). The Morgan fingerprint density at radius 2 is 2.20 bits per heavy atom. The molecule has 0 aliphatic heterocycles. The number of phenols is 1. The summed E-state index contributed by atoms with van der Waals surface area (Å²) >= 11 is 0. The standard InChI is InChI=1S/C11H11NO3/c1-15-11-4-7-2-3-12-9(6-13)8(7)5-10(11)14/h2-5,13-14H,6H2,1H3. The van der Waals surface area contributed by atoms with Gasteiger partial charge in [0.2, 0.25) is 0 Å². The van der Waals surface area contributed by atoms with Crippen molar-refractivity contribution in [1.29, 1.82) is 0 Å². The third kappa shape index (κ3) is 1.59. The predicted octanol–water partition coefficient (Wildman–Crippen LogP) is 1.44. The molecule has 15 heavy (non-hydrogen) atoms. The first-order valence-electron chi connectivity index (χ1n) is 4.51. The van der Waals surface area contributed by atoms with E-state index in [2.05, 4.69) is 4.98 Å². The number of fused-ring (bicyclic) bond motifs is 1. The SMILES string of the molecule is COc1cc2ccnc(CO)c2cc1O. The topological polar surface area (TPSA) is 62.6 Å². The molecule has 0 atom stereocenters. The summed E-state index contributed by atoms with van der Waals surface area (Å²) in [5.74, 6) is 0.463. The number of aliphatic hydroxyl groups is 1. The number of benzene rings is 1. The largest absolute Gasteiger partial charge is 0.504 e. The zero-order valence-corrected chi connectivity index (χ0v) is 8.27. The van der Waals surface area contributed by atoms with E-state index in [-0.39, 0.29) is 12.4 Å². The van der Waals surface area contributed by atoms with Crippen LogP contribution in [0.2, 0.25) is 0 Å². The third-order valence-electron chi connectivity index (χ3n) is 2.30. The quantitative estimate of drug-likeness (QED) is 0.778. The lowest BCUT2D eigenvalue weighted by atomic mass is 10.1. The van der Waals surface area contributed by atoms with Gasteiger partial charge in [0.15, 0.2) is 11.5 Å². The molecule has 0 amide bonds. The Kier molecular flexibility index (Phi) is 2.43. The molecule has 0 aliphatic rings. The Labute approximate surface area is 86.8 Å². The molecule has 0 unspecified atom stereocenters. The van der Waals surface area contributed by atoms with Gasteiger partial charge in [-0.3, -0.25) is 4.98 Å². The first-order chi connectivity index (χ1) is 7.26. The second-order valence-electron chi connectivity index (χ2n) is 3.16. The summed E-state index contributed by atoms with van der Waals surface area (Å²) < 4.78 is 4.99. The monoisotopic (exact) mass is 205 g/mol. The van der Waals surface area contributed by atoms with Crippen LogP contribution in [0.5, 0.6) is 11.5 Å². The first kappa shape index (κ1) is 9.73. The number of phenolic OH excluding ortho intramolecular Hbond substituents is 1. The molecule has 4 heteroatoms. The number of aromatic hydroxyl groups is 1. The first-order valence-corrected chi connectivity index (χ1v) is 4.51. The molecular formula is C11H11NO3. The lowest BCUT2D eigenvalue weighted by Crippen LogP contribution is -1.91. The maximum Gasteiger partial charge on any atom is 0.161 e. The molecule has 1 aromatic carbocycles. The average molecular weight is 205 g/mol. The van der Waals surface area contributed by atoms with Gasteiger partial charge in [0.05, 0.1) is 19.4 Å². The van der Waals surface area contributed by atoms with Crippen molar-refractivity contribution >= 4 is 10.8 Å². The van der Waals surface area contributed by atoms with E-state index < -0.39 is 0 Å². The number of nitrogens with zero attached hydrogens (tertiary/aromatic N) is 1. The second-order valence-corrected chi connectivity index (χ2v) is 3.16. The van der Waals surface area contributed by atoms with Crippen LogP contribution in [0, 0.1) is 0 Å². The van der Waals surface area contributed by atoms with Gasteiger partial charge in [-0.05, 0) is 23.6 Å². The molecule has 78 valence electrons. The number of hydrogen-bond acceptors (Lipinski definition) is 4. The van der Waals surface area contributed by atoms with Gasteiger partial charge >= 0.3 is 0 Å². The van der Waals surface area contributed by atoms with Crippen LogP contribution in [0.3, 0.4) is 0 Å². The molecule has 1 heterocycles. The minimum Gasteiger partial charge on any atom is -0.504 e. The highest BCUT2D eigenvalue weighted by Crippen LogP contribution is 2.31. The Balaban J connectivity index is 2.74. The lowest BCUT2D eigenvalue weighted by molar-refractivity contribution is 0.278. The van der Waals surface area contributed by atoms with E-state index in [1.807, 2.05) is 0 Å². The highest BCUT2D eigenvalue weighted by Gasteiger charge is 2.07. The summed E-state index contributed by atoms with van der Waals surface area (Å²) in [6.45, 7) is -0.150. The molecule has 0 fully saturated rings. The van der Waals surface area contributed by atoms with Gasteiger partial charge in [-0.15, -0.1) is 0 Å². The number of aliphatic hydroxyl groups excluding tert-OH is 1. The van der Waals surface area contributed by atoms with Crippen LogP contribution in [0.25, 0.3) is 10.8 Å². The van der Waals surface area contributed by atoms with Gasteiger partial charge in [0.25, 0.3) is 0 Å². The molecule has 4 nitrogen and oxygen atoms in total. The maximum atomic E-state index is 9.59. The molecule has 0 saturated heterocycles. The van der Waals surface area contributed by atoms with Crippen LogP contribution in [0.4, 0.5) is 0 Å². The van der Waals surface area contributed by atoms with Crippen molar-refractivity contribution in [2.75, 3.05) is 7.11 Å². The Morgan fingerprint density at radius 1 is 1.40 bits per heavy atom. The zero-order chi connectivity index (χ0) is 10.8. The van der Waals surface area contributed by atoms with Gasteiger partial charge in [0.1, 0.15) is 0 Å². The zero-order valence-electron chi connectivity index (χ0n) is 8.27. The Morgan fingerprint density at radius 3 is 2.87 bits per heavy atom. The highest BCUT2D eigenvalue weighted by atomic mass is 16.5. The van der Waals surface area contributed by atoms with E-state index in [1.54, 1.807) is 24.4 Å². The van der Waals surface area contributed by atoms with Gasteiger partial charge < -0.3 is 14.9 Å². The van der Waals surface area contributed by atoms with Crippen molar-refractivity contribution in [2.24, 2.45) is 0 Å². The van der Waals surface area contributed by atoms with E-state index in [9.17, 15) is 5.11 Å². The van der Waals surface area contributed by atoms with Crippen LogP contribution in [0.15, 0.2) is 24.4 Å². The van der Waals surface area contributed by atoms with Gasteiger partial charge in [-0.25, -0.2) is 0 Å². The summed E-state index contributed by atoms with van der Waals surface area (Å²) in [6.07, 6.45) is 1.62. The average Bonchev–Trinajstić information content (AvgIpc) is 2.27. The van der Waals surface area contributed by atoms with Crippen LogP contribution < -0.4 is 4.74 Å². The summed E-state index contributed by atoms with van der Waals surface area (Å²) in [4.78, 5) is 4.02. The molecule has 0 saturated carbocycles. The van der Waals surface area contributed by atoms with Crippen molar-refractivity contribution in [3.05, 3.63) is 30.1 Å². The van der Waals surface area contributed by atoms with Gasteiger partial charge in [-0.1, -0.05) is 0 Å². The van der Waals surface area contributed by atoms with Crippen LogP contribution in [-0.2, 0) is 6.61 Å². The van der Waals surface area contributed by atoms with Crippen LogP contribution in [-0.4, -0.2) is 22.3 Å². The van der Waals surface area contributed by atoms with Crippen molar-refractivity contribution in [1.82, 2.24) is 4.98 Å². The number of pyridine rings is 1. The number of hydrogen-bond donors (Lipinski definition) is 2. The van der Waals surface area contributed by atoms with E-state index >= 15 is 0 Å². The van der Waals surface area contributed by atoms with Crippen LogP contribution >= 0.6 is 0 Å². The van der Waals surface area contributed by atoms with Crippen molar-refractivity contribution in [3.8, 4) is 11.5 Å².